The van der Waals surface area contributed by atoms with Crippen LogP contribution >= 0.6 is 0 Å². The Hall–Kier alpha value is -2.13. The Balaban J connectivity index is 1.25. The Bertz CT molecular complexity index is 930. The molecule has 0 radical (unpaired) electrons. The molecule has 0 spiro atoms. The molecule has 4 rings (SSSR count). The number of benzene rings is 1. The standard InChI is InChI=1S/C28H42FN5O2/c1-3-28(29,4-2)20-33-14-11-21(12-15-33)19-36-26-18-31-25(17-32-26)22-7-9-23(10-8-22)27(35)34-13-5-6-24(34)16-30/h7-10,17-18,21,24,27,35H,3-6,11-16,19-20,30H2,1-2H3/t24-,27?/m0/s1. The second-order valence-electron chi connectivity index (χ2n) is 10.4. The van der Waals surface area contributed by atoms with Gasteiger partial charge in [-0.2, -0.15) is 0 Å². The zero-order valence-electron chi connectivity index (χ0n) is 21.8. The van der Waals surface area contributed by atoms with Crippen LogP contribution in [0.25, 0.3) is 11.3 Å². The van der Waals surface area contributed by atoms with Crippen molar-refractivity contribution in [3.05, 3.63) is 42.2 Å². The van der Waals surface area contributed by atoms with Crippen LogP contribution in [-0.4, -0.2) is 75.9 Å². The molecule has 1 aromatic heterocycles. The minimum absolute atomic E-state index is 0.238. The average molecular weight is 500 g/mol. The third kappa shape index (κ3) is 6.59. The topological polar surface area (TPSA) is 87.7 Å². The van der Waals surface area contributed by atoms with E-state index in [9.17, 15) is 9.50 Å². The van der Waals surface area contributed by atoms with Crippen molar-refractivity contribution >= 4 is 0 Å². The Labute approximate surface area is 214 Å². The van der Waals surface area contributed by atoms with E-state index in [-0.39, 0.29) is 6.04 Å². The second-order valence-corrected chi connectivity index (χ2v) is 10.4. The van der Waals surface area contributed by atoms with Crippen molar-refractivity contribution in [2.75, 3.05) is 39.3 Å². The van der Waals surface area contributed by atoms with E-state index >= 15 is 0 Å². The Kier molecular flexibility index (Phi) is 9.28. The molecule has 3 heterocycles. The first-order chi connectivity index (χ1) is 17.4. The summed E-state index contributed by atoms with van der Waals surface area (Å²) in [4.78, 5) is 13.3. The molecule has 2 aromatic rings. The zero-order valence-corrected chi connectivity index (χ0v) is 21.8. The molecular weight excluding hydrogens is 457 g/mol. The van der Waals surface area contributed by atoms with Crippen molar-refractivity contribution in [2.45, 2.75) is 70.3 Å². The van der Waals surface area contributed by atoms with Gasteiger partial charge in [-0.05, 0) is 63.1 Å². The van der Waals surface area contributed by atoms with Gasteiger partial charge in [0.05, 0.1) is 24.7 Å². The summed E-state index contributed by atoms with van der Waals surface area (Å²) in [6.07, 6.45) is 8.02. The molecule has 2 atom stereocenters. The van der Waals surface area contributed by atoms with Crippen LogP contribution in [0.15, 0.2) is 36.7 Å². The number of aromatic nitrogens is 2. The normalized spacial score (nSPS) is 21.1. The molecule has 0 amide bonds. The maximum atomic E-state index is 14.7. The molecule has 2 aliphatic heterocycles. The fraction of sp³-hybridized carbons (Fsp3) is 0.643. The highest BCUT2D eigenvalue weighted by Crippen LogP contribution is 2.29. The number of alkyl halides is 1. The Morgan fingerprint density at radius 2 is 1.81 bits per heavy atom. The first-order valence-electron chi connectivity index (χ1n) is 13.5. The van der Waals surface area contributed by atoms with Gasteiger partial charge in [0, 0.05) is 31.2 Å². The number of hydrogen-bond acceptors (Lipinski definition) is 7. The van der Waals surface area contributed by atoms with Gasteiger partial charge in [0.25, 0.3) is 0 Å². The first kappa shape index (κ1) is 26.9. The minimum atomic E-state index is -1.07. The number of piperidine rings is 1. The number of ether oxygens (including phenoxy) is 1. The van der Waals surface area contributed by atoms with Crippen molar-refractivity contribution in [3.8, 4) is 17.1 Å². The van der Waals surface area contributed by atoms with Crippen LogP contribution in [0.4, 0.5) is 4.39 Å². The molecule has 0 saturated carbocycles. The molecular formula is C28H42FN5O2. The maximum Gasteiger partial charge on any atom is 0.232 e. The molecule has 198 valence electrons. The number of nitrogens with zero attached hydrogens (tertiary/aromatic N) is 4. The van der Waals surface area contributed by atoms with Gasteiger partial charge in [-0.25, -0.2) is 14.4 Å². The van der Waals surface area contributed by atoms with E-state index in [0.717, 1.165) is 62.1 Å². The summed E-state index contributed by atoms with van der Waals surface area (Å²) in [5.41, 5.74) is 7.36. The summed E-state index contributed by atoms with van der Waals surface area (Å²) in [6.45, 7) is 8.28. The highest BCUT2D eigenvalue weighted by molar-refractivity contribution is 5.58. The molecule has 8 heteroatoms. The number of aliphatic hydroxyl groups excluding tert-OH is 1. The number of rotatable bonds is 11. The van der Waals surface area contributed by atoms with E-state index in [1.54, 1.807) is 12.4 Å². The number of likely N-dealkylation sites (tertiary alicyclic amines) is 2. The lowest BCUT2D eigenvalue weighted by Gasteiger charge is -2.36. The molecule has 3 N–H and O–H groups in total. The van der Waals surface area contributed by atoms with Crippen molar-refractivity contribution < 1.29 is 14.2 Å². The molecule has 1 aromatic carbocycles. The van der Waals surface area contributed by atoms with Gasteiger partial charge in [0.15, 0.2) is 0 Å². The lowest BCUT2D eigenvalue weighted by Crippen LogP contribution is -2.44. The zero-order chi connectivity index (χ0) is 25.5. The predicted octanol–water partition coefficient (Wildman–Crippen LogP) is 4.18. The molecule has 0 aliphatic carbocycles. The van der Waals surface area contributed by atoms with Crippen LogP contribution in [0.3, 0.4) is 0 Å². The molecule has 2 fully saturated rings. The smallest absolute Gasteiger partial charge is 0.232 e. The highest BCUT2D eigenvalue weighted by Gasteiger charge is 2.31. The van der Waals surface area contributed by atoms with E-state index in [2.05, 4.69) is 19.8 Å². The number of halogens is 1. The van der Waals surface area contributed by atoms with Gasteiger partial charge in [-0.3, -0.25) is 4.90 Å². The van der Waals surface area contributed by atoms with Gasteiger partial charge >= 0.3 is 0 Å². The van der Waals surface area contributed by atoms with E-state index in [1.807, 2.05) is 38.1 Å². The van der Waals surface area contributed by atoms with E-state index in [1.165, 1.54) is 0 Å². The first-order valence-corrected chi connectivity index (χ1v) is 13.5. The molecule has 0 bridgehead atoms. The molecule has 36 heavy (non-hydrogen) atoms. The minimum Gasteiger partial charge on any atom is -0.476 e. The van der Waals surface area contributed by atoms with Crippen molar-refractivity contribution in [3.63, 3.8) is 0 Å². The fourth-order valence-electron chi connectivity index (χ4n) is 5.38. The predicted molar refractivity (Wildman–Crippen MR) is 140 cm³/mol. The summed E-state index contributed by atoms with van der Waals surface area (Å²) in [7, 11) is 0. The summed E-state index contributed by atoms with van der Waals surface area (Å²) >= 11 is 0. The van der Waals surface area contributed by atoms with Crippen molar-refractivity contribution in [1.29, 1.82) is 0 Å². The van der Waals surface area contributed by atoms with Crippen LogP contribution < -0.4 is 10.5 Å². The largest absolute Gasteiger partial charge is 0.476 e. The highest BCUT2D eigenvalue weighted by atomic mass is 19.1. The van der Waals surface area contributed by atoms with Gasteiger partial charge in [0.1, 0.15) is 11.9 Å². The van der Waals surface area contributed by atoms with Gasteiger partial charge in [0.2, 0.25) is 5.88 Å². The Morgan fingerprint density at radius 1 is 1.08 bits per heavy atom. The average Bonchev–Trinajstić information content (AvgIpc) is 3.42. The van der Waals surface area contributed by atoms with E-state index in [4.69, 9.17) is 10.5 Å². The van der Waals surface area contributed by atoms with Crippen molar-refractivity contribution in [1.82, 2.24) is 19.8 Å². The van der Waals surface area contributed by atoms with Gasteiger partial charge < -0.3 is 20.5 Å². The third-order valence-electron chi connectivity index (χ3n) is 8.09. The summed E-state index contributed by atoms with van der Waals surface area (Å²) in [5.74, 6) is 0.975. The monoisotopic (exact) mass is 499 g/mol. The molecule has 1 unspecified atom stereocenters. The summed E-state index contributed by atoms with van der Waals surface area (Å²) < 4.78 is 20.6. The van der Waals surface area contributed by atoms with Crippen LogP contribution in [-0.2, 0) is 0 Å². The SMILES string of the molecule is CCC(F)(CC)CN1CCC(COc2cnc(-c3ccc(C(O)N4CCC[C@H]4CN)cc3)cn2)CC1. The van der Waals surface area contributed by atoms with Crippen molar-refractivity contribution in [2.24, 2.45) is 11.7 Å². The van der Waals surface area contributed by atoms with Crippen LogP contribution in [0.2, 0.25) is 0 Å². The molecule has 2 saturated heterocycles. The number of hydrogen-bond donors (Lipinski definition) is 2. The van der Waals surface area contributed by atoms with Crippen LogP contribution in [0, 0.1) is 5.92 Å². The van der Waals surface area contributed by atoms with E-state index < -0.39 is 11.9 Å². The molecule has 7 nitrogen and oxygen atoms in total. The van der Waals surface area contributed by atoms with E-state index in [0.29, 0.717) is 44.3 Å². The maximum absolute atomic E-state index is 14.7. The number of nitrogens with two attached hydrogens (primary N) is 1. The van der Waals surface area contributed by atoms with Gasteiger partial charge in [-0.1, -0.05) is 38.1 Å². The Morgan fingerprint density at radius 3 is 2.42 bits per heavy atom. The summed E-state index contributed by atoms with van der Waals surface area (Å²) in [6, 6.07) is 8.06. The lowest BCUT2D eigenvalue weighted by atomic mass is 9.94. The molecule has 2 aliphatic rings. The van der Waals surface area contributed by atoms with Crippen LogP contribution in [0.1, 0.15) is 64.2 Å². The van der Waals surface area contributed by atoms with Gasteiger partial charge in [-0.15, -0.1) is 0 Å². The third-order valence-corrected chi connectivity index (χ3v) is 8.09. The number of aliphatic hydroxyl groups is 1. The van der Waals surface area contributed by atoms with Crippen LogP contribution in [0.5, 0.6) is 5.88 Å². The lowest BCUT2D eigenvalue weighted by molar-refractivity contribution is -0.00499. The second kappa shape index (κ2) is 12.4. The quantitative estimate of drug-likeness (QED) is 0.480. The fourth-order valence-corrected chi connectivity index (χ4v) is 5.38. The summed E-state index contributed by atoms with van der Waals surface area (Å²) in [5, 5.41) is 10.8.